The lowest BCUT2D eigenvalue weighted by molar-refractivity contribution is -0.137. The molecular weight excluding hydrogens is 421 g/mol. The number of halogens is 3. The number of aryl methyl sites for hydroxylation is 1. The second kappa shape index (κ2) is 8.99. The van der Waals surface area contributed by atoms with Crippen molar-refractivity contribution in [3.8, 4) is 6.07 Å². The van der Waals surface area contributed by atoms with Crippen molar-refractivity contribution in [3.63, 3.8) is 0 Å². The van der Waals surface area contributed by atoms with Crippen LogP contribution in [0.25, 0.3) is 0 Å². The quantitative estimate of drug-likeness (QED) is 0.617. The largest absolute Gasteiger partial charge is 0.418 e. The molecular formula is C23H23F3N4O2. The summed E-state index contributed by atoms with van der Waals surface area (Å²) in [5, 5.41) is 14.4. The number of nitrogens with one attached hydrogen (secondary N) is 2. The molecule has 1 saturated carbocycles. The van der Waals surface area contributed by atoms with Crippen LogP contribution >= 0.6 is 0 Å². The maximum Gasteiger partial charge on any atom is 0.418 e. The summed E-state index contributed by atoms with van der Waals surface area (Å²) in [6, 6.07) is 9.11. The lowest BCUT2D eigenvalue weighted by Gasteiger charge is -2.16. The number of nitriles is 1. The number of carbonyl (C=O) groups excluding carboxylic acids is 2. The van der Waals surface area contributed by atoms with E-state index in [1.165, 1.54) is 19.2 Å². The van der Waals surface area contributed by atoms with E-state index in [9.17, 15) is 22.8 Å². The first-order valence-corrected chi connectivity index (χ1v) is 10.1. The molecule has 168 valence electrons. The number of amides is 1. The van der Waals surface area contributed by atoms with Crippen LogP contribution in [0.1, 0.15) is 43.0 Å². The number of aromatic nitrogens is 1. The highest BCUT2D eigenvalue weighted by Crippen LogP contribution is 2.49. The molecule has 0 saturated heterocycles. The molecule has 2 N–H and O–H groups in total. The molecule has 0 bridgehead atoms. The van der Waals surface area contributed by atoms with Crippen LogP contribution in [0, 0.1) is 29.6 Å². The van der Waals surface area contributed by atoms with Gasteiger partial charge in [0.25, 0.3) is 0 Å². The van der Waals surface area contributed by atoms with E-state index < -0.39 is 23.1 Å². The first-order chi connectivity index (χ1) is 15.0. The van der Waals surface area contributed by atoms with Gasteiger partial charge in [-0.25, -0.2) is 0 Å². The van der Waals surface area contributed by atoms with E-state index in [1.807, 2.05) is 6.07 Å². The van der Waals surface area contributed by atoms with Crippen molar-refractivity contribution >= 4 is 23.1 Å². The van der Waals surface area contributed by atoms with Crippen molar-refractivity contribution < 1.29 is 22.8 Å². The molecule has 6 nitrogen and oxygen atoms in total. The summed E-state index contributed by atoms with van der Waals surface area (Å²) >= 11 is 0. The Labute approximate surface area is 183 Å². The average Bonchev–Trinajstić information content (AvgIpc) is 3.53. The molecule has 1 fully saturated rings. The van der Waals surface area contributed by atoms with E-state index in [-0.39, 0.29) is 30.3 Å². The van der Waals surface area contributed by atoms with Crippen molar-refractivity contribution in [2.75, 3.05) is 5.32 Å². The number of carbonyl (C=O) groups is 2. The molecule has 9 heteroatoms. The van der Waals surface area contributed by atoms with Gasteiger partial charge >= 0.3 is 6.18 Å². The normalized spacial score (nSPS) is 15.4. The fraction of sp³-hybridized carbons (Fsp3) is 0.391. The summed E-state index contributed by atoms with van der Waals surface area (Å²) in [5.41, 5.74) is -0.171. The number of pyridine rings is 1. The standard InChI is InChI=1S/C23H23F3N4O2/c1-14-3-6-19(18(9-14)23(24,25)26)30-17-5-4-16(28-13-17)12-29-21(32)22(7-8-22)10-20(31)15(2)11-27/h3-6,9,13,15,30H,7-8,10,12H2,1-2H3,(H,29,32). The van der Waals surface area contributed by atoms with E-state index in [2.05, 4.69) is 15.6 Å². The summed E-state index contributed by atoms with van der Waals surface area (Å²) in [6.45, 7) is 3.24. The second-order valence-corrected chi connectivity index (χ2v) is 8.17. The summed E-state index contributed by atoms with van der Waals surface area (Å²) in [7, 11) is 0. The van der Waals surface area contributed by atoms with Gasteiger partial charge in [0.2, 0.25) is 5.91 Å². The van der Waals surface area contributed by atoms with Crippen LogP contribution < -0.4 is 10.6 Å². The average molecular weight is 444 g/mol. The fourth-order valence-electron chi connectivity index (χ4n) is 3.31. The monoisotopic (exact) mass is 444 g/mol. The zero-order valence-corrected chi connectivity index (χ0v) is 17.7. The van der Waals surface area contributed by atoms with E-state index in [0.29, 0.717) is 29.8 Å². The second-order valence-electron chi connectivity index (χ2n) is 8.17. The van der Waals surface area contributed by atoms with Crippen LogP contribution in [0.2, 0.25) is 0 Å². The molecule has 0 spiro atoms. The van der Waals surface area contributed by atoms with Gasteiger partial charge in [0.15, 0.2) is 5.78 Å². The zero-order chi connectivity index (χ0) is 23.5. The Hall–Kier alpha value is -3.41. The summed E-state index contributed by atoms with van der Waals surface area (Å²) < 4.78 is 39.9. The Balaban J connectivity index is 1.60. The van der Waals surface area contributed by atoms with Gasteiger partial charge in [-0.05, 0) is 51.0 Å². The summed E-state index contributed by atoms with van der Waals surface area (Å²) in [4.78, 5) is 28.7. The number of benzene rings is 1. The highest BCUT2D eigenvalue weighted by atomic mass is 19.4. The van der Waals surface area contributed by atoms with Crippen molar-refractivity contribution in [2.45, 2.75) is 45.8 Å². The molecule has 32 heavy (non-hydrogen) atoms. The van der Waals surface area contributed by atoms with Gasteiger partial charge in [-0.2, -0.15) is 18.4 Å². The SMILES string of the molecule is Cc1ccc(Nc2ccc(CNC(=O)C3(CC(=O)C(C)C#N)CC3)nc2)c(C(F)(F)F)c1. The first-order valence-electron chi connectivity index (χ1n) is 10.1. The third kappa shape index (κ3) is 5.44. The highest BCUT2D eigenvalue weighted by Gasteiger charge is 2.51. The third-order valence-electron chi connectivity index (χ3n) is 5.54. The number of nitrogens with zero attached hydrogens (tertiary/aromatic N) is 2. The van der Waals surface area contributed by atoms with Crippen molar-refractivity contribution in [1.82, 2.24) is 10.3 Å². The lowest BCUT2D eigenvalue weighted by Crippen LogP contribution is -2.34. The summed E-state index contributed by atoms with van der Waals surface area (Å²) in [6.07, 6.45) is -1.86. The minimum absolute atomic E-state index is 0.0436. The molecule has 1 atom stereocenters. The Morgan fingerprint density at radius 3 is 2.53 bits per heavy atom. The van der Waals surface area contributed by atoms with Gasteiger partial charge in [0.05, 0.1) is 46.9 Å². The van der Waals surface area contributed by atoms with Gasteiger partial charge in [0.1, 0.15) is 5.92 Å². The van der Waals surface area contributed by atoms with Crippen LogP contribution in [0.5, 0.6) is 0 Å². The minimum Gasteiger partial charge on any atom is -0.354 e. The molecule has 1 aliphatic carbocycles. The molecule has 1 amide bonds. The molecule has 1 aromatic heterocycles. The molecule has 1 unspecified atom stereocenters. The van der Waals surface area contributed by atoms with E-state index >= 15 is 0 Å². The van der Waals surface area contributed by atoms with Crippen molar-refractivity contribution in [3.05, 3.63) is 53.3 Å². The Morgan fingerprint density at radius 1 is 1.25 bits per heavy atom. The van der Waals surface area contributed by atoms with Crippen LogP contribution in [0.4, 0.5) is 24.5 Å². The maximum absolute atomic E-state index is 13.3. The van der Waals surface area contributed by atoms with Gasteiger partial charge in [-0.3, -0.25) is 14.6 Å². The topological polar surface area (TPSA) is 94.9 Å². The van der Waals surface area contributed by atoms with Gasteiger partial charge in [-0.1, -0.05) is 11.6 Å². The first kappa shape index (κ1) is 23.3. The van der Waals surface area contributed by atoms with E-state index in [0.717, 1.165) is 6.07 Å². The van der Waals surface area contributed by atoms with Gasteiger partial charge < -0.3 is 10.6 Å². The number of hydrogen-bond acceptors (Lipinski definition) is 5. The number of hydrogen-bond donors (Lipinski definition) is 2. The van der Waals surface area contributed by atoms with Gasteiger partial charge in [0, 0.05) is 6.42 Å². The van der Waals surface area contributed by atoms with Gasteiger partial charge in [-0.15, -0.1) is 0 Å². The van der Waals surface area contributed by atoms with Crippen LogP contribution in [-0.2, 0) is 22.3 Å². The molecule has 1 aromatic carbocycles. The minimum atomic E-state index is -4.49. The van der Waals surface area contributed by atoms with Crippen molar-refractivity contribution in [2.24, 2.45) is 11.3 Å². The smallest absolute Gasteiger partial charge is 0.354 e. The van der Waals surface area contributed by atoms with Crippen LogP contribution in [0.15, 0.2) is 36.5 Å². The Morgan fingerprint density at radius 2 is 1.97 bits per heavy atom. The highest BCUT2D eigenvalue weighted by molar-refractivity contribution is 5.93. The summed E-state index contributed by atoms with van der Waals surface area (Å²) in [5.74, 6) is -1.24. The predicted molar refractivity (Wildman–Crippen MR) is 112 cm³/mol. The number of rotatable bonds is 8. The number of anilines is 2. The zero-order valence-electron chi connectivity index (χ0n) is 17.7. The molecule has 1 aliphatic rings. The van der Waals surface area contributed by atoms with Crippen molar-refractivity contribution in [1.29, 1.82) is 5.26 Å². The lowest BCUT2D eigenvalue weighted by atomic mass is 9.93. The Kier molecular flexibility index (Phi) is 6.53. The maximum atomic E-state index is 13.3. The van der Waals surface area contributed by atoms with E-state index in [1.54, 1.807) is 25.1 Å². The third-order valence-corrected chi connectivity index (χ3v) is 5.54. The number of alkyl halides is 3. The molecule has 0 radical (unpaired) electrons. The number of ketones is 1. The fourth-order valence-corrected chi connectivity index (χ4v) is 3.31. The molecule has 0 aliphatic heterocycles. The van der Waals surface area contributed by atoms with Crippen LogP contribution in [0.3, 0.4) is 0 Å². The molecule has 1 heterocycles. The predicted octanol–water partition coefficient (Wildman–Crippen LogP) is 4.67. The Bertz CT molecular complexity index is 1050. The number of Topliss-reactive ketones (excluding diaryl/α,β-unsaturated/α-hetero) is 1. The molecule has 3 rings (SSSR count). The molecule has 2 aromatic rings. The van der Waals surface area contributed by atoms with E-state index in [4.69, 9.17) is 5.26 Å². The van der Waals surface area contributed by atoms with Crippen LogP contribution in [-0.4, -0.2) is 16.7 Å².